The molecule has 1 aromatic rings. The number of methoxy groups -OCH3 is 1. The smallest absolute Gasteiger partial charge is 0.243 e. The second-order valence-corrected chi connectivity index (χ2v) is 5.24. The fraction of sp³-hybridized carbons (Fsp3) is 0.556. The Hall–Kier alpha value is -1.45. The van der Waals surface area contributed by atoms with Crippen molar-refractivity contribution in [2.75, 3.05) is 19.0 Å². The highest BCUT2D eigenvalue weighted by Gasteiger charge is 2.19. The number of primary sulfonamides is 1. The van der Waals surface area contributed by atoms with E-state index in [4.69, 9.17) is 9.88 Å². The van der Waals surface area contributed by atoms with Crippen LogP contribution in [0.1, 0.15) is 12.8 Å². The first-order chi connectivity index (χ1) is 8.34. The number of ether oxygens (including phenoxy) is 1. The normalized spacial score (nSPS) is 11.5. The molecule has 0 aliphatic carbocycles. The topological polar surface area (TPSA) is 116 Å². The lowest BCUT2D eigenvalue weighted by atomic mass is 10.3. The number of nitrogens with one attached hydrogen (secondary N) is 1. The molecule has 0 aromatic carbocycles. The molecule has 0 fully saturated rings. The number of rotatable bonds is 6. The third-order valence-corrected chi connectivity index (χ3v) is 3.02. The van der Waals surface area contributed by atoms with Crippen LogP contribution < -0.4 is 10.5 Å². The molecule has 18 heavy (non-hydrogen) atoms. The maximum absolute atomic E-state index is 11.5. The summed E-state index contributed by atoms with van der Waals surface area (Å²) in [6, 6.07) is 0. The van der Waals surface area contributed by atoms with Crippen molar-refractivity contribution in [3.63, 3.8) is 0 Å². The van der Waals surface area contributed by atoms with E-state index in [1.165, 1.54) is 25.0 Å². The summed E-state index contributed by atoms with van der Waals surface area (Å²) < 4.78 is 28.6. The highest BCUT2D eigenvalue weighted by Crippen LogP contribution is 2.17. The van der Waals surface area contributed by atoms with E-state index in [2.05, 4.69) is 10.4 Å². The first-order valence-corrected chi connectivity index (χ1v) is 6.74. The van der Waals surface area contributed by atoms with Gasteiger partial charge in [0.1, 0.15) is 4.90 Å². The van der Waals surface area contributed by atoms with Crippen molar-refractivity contribution in [3.8, 4) is 0 Å². The van der Waals surface area contributed by atoms with Crippen molar-refractivity contribution >= 4 is 21.7 Å². The lowest BCUT2D eigenvalue weighted by Gasteiger charge is -2.03. The van der Waals surface area contributed by atoms with Crippen molar-refractivity contribution in [3.05, 3.63) is 6.20 Å². The number of nitrogens with zero attached hydrogens (tertiary/aromatic N) is 2. The quantitative estimate of drug-likeness (QED) is 0.675. The largest absolute Gasteiger partial charge is 0.385 e. The van der Waals surface area contributed by atoms with E-state index in [9.17, 15) is 13.2 Å². The van der Waals surface area contributed by atoms with E-state index in [0.29, 0.717) is 13.0 Å². The molecule has 0 aliphatic rings. The van der Waals surface area contributed by atoms with Gasteiger partial charge in [0, 0.05) is 33.4 Å². The van der Waals surface area contributed by atoms with Crippen LogP contribution in [-0.4, -0.2) is 37.8 Å². The Bertz CT molecular complexity index is 523. The molecular weight excluding hydrogens is 260 g/mol. The van der Waals surface area contributed by atoms with Gasteiger partial charge in [-0.25, -0.2) is 13.6 Å². The molecule has 0 unspecified atom stereocenters. The van der Waals surface area contributed by atoms with E-state index < -0.39 is 10.0 Å². The third kappa shape index (κ3) is 4.09. The van der Waals surface area contributed by atoms with Gasteiger partial charge in [-0.3, -0.25) is 9.48 Å². The summed E-state index contributed by atoms with van der Waals surface area (Å²) in [6.45, 7) is 0.456. The van der Waals surface area contributed by atoms with Crippen molar-refractivity contribution in [2.24, 2.45) is 12.2 Å². The SMILES string of the molecule is COCCCC(=O)Nc1nn(C)cc1S(N)(=O)=O. The average molecular weight is 276 g/mol. The van der Waals surface area contributed by atoms with E-state index in [1.807, 2.05) is 0 Å². The van der Waals surface area contributed by atoms with Gasteiger partial charge >= 0.3 is 0 Å². The highest BCUT2D eigenvalue weighted by molar-refractivity contribution is 7.89. The highest BCUT2D eigenvalue weighted by atomic mass is 32.2. The summed E-state index contributed by atoms with van der Waals surface area (Å²) in [7, 11) is -0.832. The molecule has 1 amide bonds. The second-order valence-electron chi connectivity index (χ2n) is 3.71. The minimum atomic E-state index is -3.91. The van der Waals surface area contributed by atoms with Gasteiger partial charge in [-0.15, -0.1) is 0 Å². The van der Waals surface area contributed by atoms with Crippen LogP contribution in [0.2, 0.25) is 0 Å². The van der Waals surface area contributed by atoms with Gasteiger partial charge in [-0.05, 0) is 6.42 Å². The number of nitrogens with two attached hydrogens (primary N) is 1. The second kappa shape index (κ2) is 5.94. The van der Waals surface area contributed by atoms with Gasteiger partial charge in [0.05, 0.1) is 0 Å². The number of aromatic nitrogens is 2. The third-order valence-electron chi connectivity index (χ3n) is 2.11. The Kier molecular flexibility index (Phi) is 4.82. The number of amides is 1. The number of anilines is 1. The Morgan fingerprint density at radius 1 is 1.61 bits per heavy atom. The molecule has 0 saturated heterocycles. The summed E-state index contributed by atoms with van der Waals surface area (Å²) >= 11 is 0. The number of carbonyl (C=O) groups excluding carboxylic acids is 1. The Morgan fingerprint density at radius 3 is 2.83 bits per heavy atom. The summed E-state index contributed by atoms with van der Waals surface area (Å²) in [6.07, 6.45) is 1.99. The van der Waals surface area contributed by atoms with Crippen molar-refractivity contribution in [2.45, 2.75) is 17.7 Å². The zero-order chi connectivity index (χ0) is 13.8. The van der Waals surface area contributed by atoms with Gasteiger partial charge < -0.3 is 10.1 Å². The van der Waals surface area contributed by atoms with Crippen LogP contribution in [0.25, 0.3) is 0 Å². The fourth-order valence-electron chi connectivity index (χ4n) is 1.33. The van der Waals surface area contributed by atoms with Crippen LogP contribution in [-0.2, 0) is 26.6 Å². The molecule has 1 rings (SSSR count). The van der Waals surface area contributed by atoms with Gasteiger partial charge in [-0.1, -0.05) is 0 Å². The van der Waals surface area contributed by atoms with Crippen LogP contribution in [0.15, 0.2) is 11.1 Å². The number of hydrogen-bond acceptors (Lipinski definition) is 5. The number of carbonyl (C=O) groups is 1. The number of sulfonamides is 1. The number of hydrogen-bond donors (Lipinski definition) is 2. The van der Waals surface area contributed by atoms with Crippen LogP contribution in [0, 0.1) is 0 Å². The van der Waals surface area contributed by atoms with Crippen molar-refractivity contribution in [1.82, 2.24) is 9.78 Å². The summed E-state index contributed by atoms with van der Waals surface area (Å²) in [5.41, 5.74) is 0. The van der Waals surface area contributed by atoms with E-state index in [0.717, 1.165) is 0 Å². The molecule has 0 atom stereocenters. The molecule has 0 bridgehead atoms. The monoisotopic (exact) mass is 276 g/mol. The average Bonchev–Trinajstić information content (AvgIpc) is 2.59. The Labute approximate surface area is 105 Å². The van der Waals surface area contributed by atoms with E-state index >= 15 is 0 Å². The molecule has 1 aromatic heterocycles. The van der Waals surface area contributed by atoms with Gasteiger partial charge in [0.25, 0.3) is 0 Å². The molecule has 0 radical (unpaired) electrons. The van der Waals surface area contributed by atoms with Crippen LogP contribution in [0.5, 0.6) is 0 Å². The zero-order valence-corrected chi connectivity index (χ0v) is 11.0. The molecule has 0 spiro atoms. The van der Waals surface area contributed by atoms with Gasteiger partial charge in [-0.2, -0.15) is 5.10 Å². The molecule has 8 nitrogen and oxygen atoms in total. The first kappa shape index (κ1) is 14.6. The zero-order valence-electron chi connectivity index (χ0n) is 10.2. The van der Waals surface area contributed by atoms with Gasteiger partial charge in [0.15, 0.2) is 5.82 Å². The Morgan fingerprint density at radius 2 is 2.28 bits per heavy atom. The molecule has 1 heterocycles. The summed E-state index contributed by atoms with van der Waals surface area (Å²) in [4.78, 5) is 11.3. The fourth-order valence-corrected chi connectivity index (χ4v) is 1.99. The molecule has 0 saturated carbocycles. The van der Waals surface area contributed by atoms with Crippen LogP contribution in [0.4, 0.5) is 5.82 Å². The van der Waals surface area contributed by atoms with Crippen molar-refractivity contribution in [1.29, 1.82) is 0 Å². The molecule has 9 heteroatoms. The van der Waals surface area contributed by atoms with E-state index in [1.54, 1.807) is 0 Å². The maximum Gasteiger partial charge on any atom is 0.243 e. The van der Waals surface area contributed by atoms with Crippen molar-refractivity contribution < 1.29 is 17.9 Å². The lowest BCUT2D eigenvalue weighted by Crippen LogP contribution is -2.17. The minimum absolute atomic E-state index is 0.0533. The molecule has 0 aliphatic heterocycles. The Balaban J connectivity index is 2.76. The molecular formula is C9H16N4O4S. The molecule has 3 N–H and O–H groups in total. The first-order valence-electron chi connectivity index (χ1n) is 5.20. The van der Waals surface area contributed by atoms with Crippen LogP contribution in [0.3, 0.4) is 0 Å². The van der Waals surface area contributed by atoms with Gasteiger partial charge in [0.2, 0.25) is 15.9 Å². The summed E-state index contributed by atoms with van der Waals surface area (Å²) in [5, 5.41) is 11.3. The van der Waals surface area contributed by atoms with E-state index in [-0.39, 0.29) is 23.0 Å². The summed E-state index contributed by atoms with van der Waals surface area (Å²) in [5.74, 6) is -0.391. The molecule has 102 valence electrons. The predicted octanol–water partition coefficient (Wildman–Crippen LogP) is -0.567. The number of aryl methyl sites for hydroxylation is 1. The predicted molar refractivity (Wildman–Crippen MR) is 64.3 cm³/mol. The standard InChI is InChI=1S/C9H16N4O4S/c1-13-6-7(18(10,15)16)9(12-13)11-8(14)4-3-5-17-2/h6H,3-5H2,1-2H3,(H2,10,15,16)(H,11,12,14). The lowest BCUT2D eigenvalue weighted by molar-refractivity contribution is -0.116. The van der Waals surface area contributed by atoms with Crippen LogP contribution >= 0.6 is 0 Å². The maximum atomic E-state index is 11.5. The minimum Gasteiger partial charge on any atom is -0.385 e.